The molecule has 0 aromatic carbocycles. The van der Waals surface area contributed by atoms with Gasteiger partial charge in [-0.25, -0.2) is 49.8 Å². The topological polar surface area (TPSA) is 518 Å². The molecule has 128 heavy (non-hydrogen) atoms. The first-order valence-electron chi connectivity index (χ1n) is 41.1. The van der Waals surface area contributed by atoms with Gasteiger partial charge >= 0.3 is 24.7 Å². The maximum atomic E-state index is 12.6. The molecule has 0 unspecified atom stereocenters. The van der Waals surface area contributed by atoms with Gasteiger partial charge in [0.1, 0.15) is 134 Å². The number of nitriles is 3. The number of rotatable bonds is 19. The maximum Gasteiger partial charge on any atom is 0.421 e. The van der Waals surface area contributed by atoms with Crippen LogP contribution in [0.2, 0.25) is 0 Å². The molecule has 714 valence electrons. The normalized spacial score (nSPS) is 13.8. The highest BCUT2D eigenvalue weighted by atomic mass is 19.4. The van der Waals surface area contributed by atoms with Crippen molar-refractivity contribution in [3.8, 4) is 18.2 Å². The summed E-state index contributed by atoms with van der Waals surface area (Å²) in [5, 5.41) is 49.0. The molecule has 0 saturated carbocycles. The van der Waals surface area contributed by atoms with Crippen molar-refractivity contribution < 1.29 is 52.7 Å². The quantitative estimate of drug-likeness (QED) is 0.0334. The van der Waals surface area contributed by atoms with Crippen molar-refractivity contribution in [2.24, 2.45) is 55.7 Å². The summed E-state index contributed by atoms with van der Waals surface area (Å²) in [4.78, 5) is 53.2. The SMILES string of the molecule is CC(C)[C@@H](Nc1ncc(C(F)(F)F)c(N)n1)C(C)(C)C.CC(C)[C@H](Nc1ncc(C(F)(F)F)c(N)n1)C(C)(C)C.CC(C)[C@H](Nc1ncnc(N)c1C#N)C(C)(C)C.CC[C@H](Nc1ncc(C(F)(F)F)c(N)n1)C(C)(C)C.CC[C@H](Nc1ncnc(N)c1C#N)C(C)(C)C.C[C@H](Nc1ncc(C(F)(F)F)c(N)n1)C(C)(C)C.C[C@H](Nc1ncnc(N)c1C#N)C(C)(C)C. The van der Waals surface area contributed by atoms with E-state index in [4.69, 9.17) is 55.9 Å². The van der Waals surface area contributed by atoms with Gasteiger partial charge in [0, 0.05) is 67.1 Å². The van der Waals surface area contributed by atoms with E-state index in [1.54, 1.807) is 0 Å². The molecule has 0 bridgehead atoms. The van der Waals surface area contributed by atoms with Gasteiger partial charge in [-0.05, 0) is 82.3 Å². The molecule has 0 aliphatic carbocycles. The maximum absolute atomic E-state index is 12.6. The molecular formula is C85H135F12N31. The minimum absolute atomic E-state index is 0.00589. The van der Waals surface area contributed by atoms with Crippen LogP contribution >= 0.6 is 0 Å². The average molecular weight is 1820 g/mol. The van der Waals surface area contributed by atoms with Crippen LogP contribution in [0.4, 0.5) is 135 Å². The monoisotopic (exact) mass is 1820 g/mol. The lowest BCUT2D eigenvalue weighted by Gasteiger charge is -2.35. The predicted molar refractivity (Wildman–Crippen MR) is 484 cm³/mol. The van der Waals surface area contributed by atoms with E-state index in [9.17, 15) is 52.7 Å². The number of halogens is 12. The van der Waals surface area contributed by atoms with E-state index in [1.165, 1.54) is 19.0 Å². The molecule has 43 heteroatoms. The van der Waals surface area contributed by atoms with Gasteiger partial charge in [-0.3, -0.25) is 0 Å². The molecule has 0 radical (unpaired) electrons. The lowest BCUT2D eigenvalue weighted by molar-refractivity contribution is -0.138. The highest BCUT2D eigenvalue weighted by molar-refractivity contribution is 5.64. The molecule has 0 saturated heterocycles. The first-order chi connectivity index (χ1) is 57.9. The summed E-state index contributed by atoms with van der Waals surface area (Å²) in [5.41, 5.74) is 35.0. The van der Waals surface area contributed by atoms with Gasteiger partial charge in [-0.15, -0.1) is 0 Å². The summed E-state index contributed by atoms with van der Waals surface area (Å²) in [5.74, 6) is 1.30. The van der Waals surface area contributed by atoms with Crippen molar-refractivity contribution >= 4 is 82.0 Å². The lowest BCUT2D eigenvalue weighted by Crippen LogP contribution is -2.39. The Labute approximate surface area is 745 Å². The predicted octanol–water partition coefficient (Wildman–Crippen LogP) is 19.7. The third-order valence-corrected chi connectivity index (χ3v) is 19.9. The molecule has 0 amide bonds. The second-order valence-corrected chi connectivity index (χ2v) is 38.8. The summed E-state index contributed by atoms with van der Waals surface area (Å²) in [6, 6.07) is 6.75. The second kappa shape index (κ2) is 46.4. The number of alkyl halides is 12. The van der Waals surface area contributed by atoms with Crippen molar-refractivity contribution in [1.29, 1.82) is 15.8 Å². The molecule has 0 fully saturated rings. The van der Waals surface area contributed by atoms with E-state index in [-0.39, 0.29) is 133 Å². The first kappa shape index (κ1) is 114. The van der Waals surface area contributed by atoms with Crippen molar-refractivity contribution in [2.75, 3.05) is 77.4 Å². The van der Waals surface area contributed by atoms with Gasteiger partial charge in [-0.2, -0.15) is 88.4 Å². The molecule has 0 spiro atoms. The van der Waals surface area contributed by atoms with Crippen LogP contribution < -0.4 is 77.4 Å². The Morgan fingerprint density at radius 2 is 0.500 bits per heavy atom. The Kier molecular flexibility index (Phi) is 41.5. The number of nitrogens with one attached hydrogen (secondary N) is 7. The lowest BCUT2D eigenvalue weighted by atomic mass is 9.80. The fraction of sp³-hybridized carbons (Fsp3) is 0.635. The fourth-order valence-electron chi connectivity index (χ4n) is 12.2. The van der Waals surface area contributed by atoms with Crippen LogP contribution in [-0.4, -0.2) is 112 Å². The number of hydrogen-bond donors (Lipinski definition) is 14. The summed E-state index contributed by atoms with van der Waals surface area (Å²) in [6.07, 6.45) is -9.47. The molecule has 21 N–H and O–H groups in total. The smallest absolute Gasteiger partial charge is 0.383 e. The summed E-state index contributed by atoms with van der Waals surface area (Å²) in [6.45, 7) is 63.9. The van der Waals surface area contributed by atoms with E-state index in [0.717, 1.165) is 12.8 Å². The van der Waals surface area contributed by atoms with Crippen molar-refractivity contribution in [3.05, 3.63) is 82.7 Å². The van der Waals surface area contributed by atoms with Crippen LogP contribution in [0.15, 0.2) is 43.8 Å². The average Bonchev–Trinajstić information content (AvgIpc) is 0.804. The van der Waals surface area contributed by atoms with Crippen LogP contribution in [0, 0.1) is 89.7 Å². The minimum atomic E-state index is -4.54. The highest BCUT2D eigenvalue weighted by Gasteiger charge is 2.40. The van der Waals surface area contributed by atoms with Gasteiger partial charge in [0.2, 0.25) is 23.8 Å². The molecule has 7 aromatic heterocycles. The molecule has 0 aliphatic heterocycles. The third-order valence-electron chi connectivity index (χ3n) is 19.9. The summed E-state index contributed by atoms with van der Waals surface area (Å²) in [7, 11) is 0. The molecule has 7 atom stereocenters. The van der Waals surface area contributed by atoms with Gasteiger partial charge in [0.25, 0.3) is 0 Å². The number of aromatic nitrogens is 14. The second-order valence-electron chi connectivity index (χ2n) is 38.8. The van der Waals surface area contributed by atoms with E-state index in [1.807, 2.05) is 150 Å². The Morgan fingerprint density at radius 3 is 0.711 bits per heavy atom. The molecule has 7 rings (SSSR count). The fourth-order valence-corrected chi connectivity index (χ4v) is 12.2. The van der Waals surface area contributed by atoms with E-state index >= 15 is 0 Å². The Hall–Kier alpha value is -11.6. The summed E-state index contributed by atoms with van der Waals surface area (Å²) < 4.78 is 150. The zero-order valence-electron chi connectivity index (χ0n) is 79.4. The Morgan fingerprint density at radius 1 is 0.281 bits per heavy atom. The highest BCUT2D eigenvalue weighted by Crippen LogP contribution is 2.40. The third kappa shape index (κ3) is 37.4. The van der Waals surface area contributed by atoms with E-state index in [0.29, 0.717) is 64.8 Å². The van der Waals surface area contributed by atoms with E-state index in [2.05, 4.69) is 190 Å². The Balaban J connectivity index is 0.000000747. The van der Waals surface area contributed by atoms with Gasteiger partial charge in [0.15, 0.2) is 0 Å². The van der Waals surface area contributed by atoms with Crippen molar-refractivity contribution in [3.63, 3.8) is 0 Å². The number of nitrogen functional groups attached to an aromatic ring is 7. The first-order valence-corrected chi connectivity index (χ1v) is 41.1. The van der Waals surface area contributed by atoms with Crippen LogP contribution in [-0.2, 0) is 24.7 Å². The van der Waals surface area contributed by atoms with Gasteiger partial charge < -0.3 is 77.4 Å². The zero-order valence-corrected chi connectivity index (χ0v) is 79.4. The molecule has 7 aromatic rings. The number of anilines is 14. The van der Waals surface area contributed by atoms with Crippen LogP contribution in [0.25, 0.3) is 0 Å². The number of hydrogen-bond acceptors (Lipinski definition) is 31. The van der Waals surface area contributed by atoms with Crippen LogP contribution in [0.3, 0.4) is 0 Å². The zero-order chi connectivity index (χ0) is 99.7. The van der Waals surface area contributed by atoms with Crippen molar-refractivity contribution in [2.45, 2.75) is 294 Å². The molecule has 7 heterocycles. The molecule has 0 aliphatic rings. The van der Waals surface area contributed by atoms with Crippen LogP contribution in [0.1, 0.15) is 266 Å². The number of nitrogens with zero attached hydrogens (tertiary/aromatic N) is 17. The van der Waals surface area contributed by atoms with Gasteiger partial charge in [-0.1, -0.05) is 201 Å². The molecular weight excluding hydrogens is 1680 g/mol. The number of nitrogens with two attached hydrogens (primary N) is 7. The van der Waals surface area contributed by atoms with Crippen LogP contribution in [0.5, 0.6) is 0 Å². The Bertz CT molecular complexity index is 4670. The summed E-state index contributed by atoms with van der Waals surface area (Å²) >= 11 is 0. The standard InChI is InChI=1S/2C13H21F3N4.C13H21N5.C12H19F3N4.C12H19N5.C11H17F3N4.C11H17N5/c2*1-7(2)9(12(3,4)5)19-11-18-6-8(10(17)20-11)13(14,15)16;1-8(2)10(13(3,4)5)18-12-9(6-14)11(15)16-7-17-12;1-5-8(11(2,3)4)18-10-17-6-7(9(16)19-10)12(13,14)15;1-5-9(12(2,3)4)17-11-8(6-13)10(14)15-7-16-11;1-6(10(2,3)4)17-9-16-5-7(8(15)18-9)11(12,13)14;1-7(11(2,3)4)16-10-8(5-12)9(13)14-6-15-10/h2*6-7,9H,1-5H3,(H3,17,18,19,20);7-8,10H,1-5H3,(H3,15,16,17,18);6,8H,5H2,1-4H3,(H3,16,17,18,19);7,9H,5H2,1-4H3,(H3,14,15,16,17);5-6H,1-4H3,(H3,15,16,17,18);6-7H,1-4H3,(H3,13,14,15,16)/t2*9-;10-;8-;9-;6-;7-/m1000000/s1. The molecule has 31 nitrogen and oxygen atoms in total. The van der Waals surface area contributed by atoms with Gasteiger partial charge in [0.05, 0.1) is 0 Å². The minimum Gasteiger partial charge on any atom is -0.383 e. The van der Waals surface area contributed by atoms with Crippen molar-refractivity contribution in [1.82, 2.24) is 69.8 Å². The van der Waals surface area contributed by atoms with E-state index < -0.39 is 70.2 Å². The largest absolute Gasteiger partial charge is 0.421 e.